The van der Waals surface area contributed by atoms with Crippen molar-refractivity contribution in [2.24, 2.45) is 10.9 Å². The molecular weight excluding hydrogens is 386 g/mol. The largest absolute Gasteiger partial charge is 0.444 e. The van der Waals surface area contributed by atoms with Gasteiger partial charge in [0.2, 0.25) is 5.89 Å². The van der Waals surface area contributed by atoms with Crippen molar-refractivity contribution in [2.45, 2.75) is 66.5 Å². The lowest BCUT2D eigenvalue weighted by molar-refractivity contribution is 0.166. The molecule has 31 heavy (non-hydrogen) atoms. The smallest absolute Gasteiger partial charge is 0.208 e. The molecule has 1 saturated heterocycles. The van der Waals surface area contributed by atoms with E-state index in [1.165, 1.54) is 11.1 Å². The first-order valence-electron chi connectivity index (χ1n) is 11.8. The summed E-state index contributed by atoms with van der Waals surface area (Å²) in [5, 5.41) is 6.97. The Morgan fingerprint density at radius 3 is 2.48 bits per heavy atom. The topological polar surface area (TPSA) is 65.7 Å². The highest BCUT2D eigenvalue weighted by Gasteiger charge is 2.21. The first kappa shape index (κ1) is 23.3. The zero-order valence-corrected chi connectivity index (χ0v) is 19.9. The molecular formula is C25H39N5O. The number of oxazole rings is 1. The molecule has 0 bridgehead atoms. The molecule has 1 aromatic heterocycles. The Balaban J connectivity index is 1.48. The lowest BCUT2D eigenvalue weighted by atomic mass is 9.97. The molecule has 170 valence electrons. The summed E-state index contributed by atoms with van der Waals surface area (Å²) in [4.78, 5) is 11.9. The summed E-state index contributed by atoms with van der Waals surface area (Å²) in [7, 11) is 0. The van der Waals surface area contributed by atoms with Crippen molar-refractivity contribution in [1.82, 2.24) is 20.5 Å². The van der Waals surface area contributed by atoms with Gasteiger partial charge in [-0.2, -0.15) is 0 Å². The zero-order chi connectivity index (χ0) is 22.2. The molecule has 2 aromatic rings. The first-order valence-corrected chi connectivity index (χ1v) is 11.8. The molecule has 1 aromatic carbocycles. The van der Waals surface area contributed by atoms with E-state index < -0.39 is 0 Å². The number of aromatic nitrogens is 1. The van der Waals surface area contributed by atoms with E-state index in [9.17, 15) is 0 Å². The Morgan fingerprint density at radius 1 is 1.19 bits per heavy atom. The zero-order valence-electron chi connectivity index (χ0n) is 19.9. The van der Waals surface area contributed by atoms with Gasteiger partial charge in [-0.25, -0.2) is 4.98 Å². The fourth-order valence-electron chi connectivity index (χ4n) is 4.00. The molecule has 1 aliphatic heterocycles. The van der Waals surface area contributed by atoms with Crippen molar-refractivity contribution in [1.29, 1.82) is 0 Å². The second kappa shape index (κ2) is 11.3. The Hall–Kier alpha value is -2.34. The van der Waals surface area contributed by atoms with Crippen LogP contribution in [0.5, 0.6) is 0 Å². The number of piperidine rings is 1. The molecule has 3 rings (SSSR count). The van der Waals surface area contributed by atoms with Crippen molar-refractivity contribution in [2.75, 3.05) is 26.2 Å². The molecule has 1 atom stereocenters. The number of aliphatic imine (C=N–C) groups is 1. The number of benzene rings is 1. The van der Waals surface area contributed by atoms with Crippen molar-refractivity contribution >= 4 is 5.96 Å². The van der Waals surface area contributed by atoms with E-state index in [2.05, 4.69) is 65.6 Å². The summed E-state index contributed by atoms with van der Waals surface area (Å²) in [6, 6.07) is 9.08. The third-order valence-corrected chi connectivity index (χ3v) is 6.23. The molecule has 0 amide bonds. The lowest BCUT2D eigenvalue weighted by Gasteiger charge is -2.30. The van der Waals surface area contributed by atoms with Gasteiger partial charge >= 0.3 is 0 Å². The van der Waals surface area contributed by atoms with E-state index >= 15 is 0 Å². The van der Waals surface area contributed by atoms with Gasteiger partial charge in [0.1, 0.15) is 5.76 Å². The van der Waals surface area contributed by atoms with Gasteiger partial charge in [-0.15, -0.1) is 0 Å². The van der Waals surface area contributed by atoms with E-state index in [1.807, 2.05) is 13.8 Å². The molecule has 0 aliphatic carbocycles. The molecule has 2 N–H and O–H groups in total. The van der Waals surface area contributed by atoms with Gasteiger partial charge in [0, 0.05) is 13.1 Å². The highest BCUT2D eigenvalue weighted by molar-refractivity contribution is 5.80. The van der Waals surface area contributed by atoms with Crippen LogP contribution in [0.15, 0.2) is 33.7 Å². The van der Waals surface area contributed by atoms with Crippen LogP contribution in [0.25, 0.3) is 0 Å². The Labute approximate surface area is 187 Å². The Morgan fingerprint density at radius 2 is 1.90 bits per heavy atom. The summed E-state index contributed by atoms with van der Waals surface area (Å²) in [5.74, 6) is 3.30. The number of hydrogen-bond acceptors (Lipinski definition) is 4. The monoisotopic (exact) mass is 425 g/mol. The molecule has 1 aliphatic rings. The molecule has 6 heteroatoms. The van der Waals surface area contributed by atoms with E-state index in [0.717, 1.165) is 75.3 Å². The number of guanidine groups is 1. The van der Waals surface area contributed by atoms with Crippen molar-refractivity contribution in [3.05, 3.63) is 52.7 Å². The van der Waals surface area contributed by atoms with Gasteiger partial charge in [-0.05, 0) is 77.1 Å². The quantitative estimate of drug-likeness (QED) is 0.485. The number of rotatable bonds is 8. The summed E-state index contributed by atoms with van der Waals surface area (Å²) < 4.78 is 5.74. The van der Waals surface area contributed by atoms with Gasteiger partial charge in [0.25, 0.3) is 0 Å². The first-order chi connectivity index (χ1) is 15.0. The van der Waals surface area contributed by atoms with E-state index in [4.69, 9.17) is 9.41 Å². The second-order valence-corrected chi connectivity index (χ2v) is 8.65. The van der Waals surface area contributed by atoms with Crippen molar-refractivity contribution < 1.29 is 4.42 Å². The molecule has 0 radical (unpaired) electrons. The van der Waals surface area contributed by atoms with E-state index in [-0.39, 0.29) is 6.04 Å². The van der Waals surface area contributed by atoms with Gasteiger partial charge < -0.3 is 15.1 Å². The summed E-state index contributed by atoms with van der Waals surface area (Å²) in [5.41, 5.74) is 3.65. The summed E-state index contributed by atoms with van der Waals surface area (Å²) in [6.45, 7) is 15.2. The number of likely N-dealkylation sites (tertiary alicyclic amines) is 1. The third kappa shape index (κ3) is 6.82. The SMILES string of the molecule is CCNC(=NCC1CCN(Cc2nc(C)c(C)o2)CC1)NC(C)c1ccc(CC)cc1. The molecule has 6 nitrogen and oxygen atoms in total. The normalized spacial score (nSPS) is 17.0. The number of aryl methyl sites for hydroxylation is 3. The number of nitrogens with one attached hydrogen (secondary N) is 2. The maximum Gasteiger partial charge on any atom is 0.208 e. The van der Waals surface area contributed by atoms with Gasteiger partial charge in [0.15, 0.2) is 5.96 Å². The molecule has 2 heterocycles. The van der Waals surface area contributed by atoms with Crippen LogP contribution in [-0.2, 0) is 13.0 Å². The fraction of sp³-hybridized carbons (Fsp3) is 0.600. The maximum absolute atomic E-state index is 5.74. The van der Waals surface area contributed by atoms with Crippen LogP contribution < -0.4 is 10.6 Å². The lowest BCUT2D eigenvalue weighted by Crippen LogP contribution is -2.39. The minimum atomic E-state index is 0.221. The minimum absolute atomic E-state index is 0.221. The molecule has 1 fully saturated rings. The minimum Gasteiger partial charge on any atom is -0.444 e. The van der Waals surface area contributed by atoms with Crippen LogP contribution in [-0.4, -0.2) is 42.0 Å². The molecule has 0 spiro atoms. The average molecular weight is 426 g/mol. The number of nitrogens with zero attached hydrogens (tertiary/aromatic N) is 3. The van der Waals surface area contributed by atoms with Crippen LogP contribution in [0.2, 0.25) is 0 Å². The van der Waals surface area contributed by atoms with Gasteiger partial charge in [0.05, 0.1) is 18.3 Å². The van der Waals surface area contributed by atoms with E-state index in [0.29, 0.717) is 5.92 Å². The van der Waals surface area contributed by atoms with Crippen LogP contribution in [0.4, 0.5) is 0 Å². The summed E-state index contributed by atoms with van der Waals surface area (Å²) in [6.07, 6.45) is 3.40. The van der Waals surface area contributed by atoms with Crippen LogP contribution in [0, 0.1) is 19.8 Å². The predicted octanol–water partition coefficient (Wildman–Crippen LogP) is 4.38. The standard InChI is InChI=1S/C25H39N5O/c1-6-21-8-10-23(11-9-21)19(4)29-25(26-7-2)27-16-22-12-14-30(15-13-22)17-24-28-18(3)20(5)31-24/h8-11,19,22H,6-7,12-17H2,1-5H3,(H2,26,27,29). The third-order valence-electron chi connectivity index (χ3n) is 6.23. The summed E-state index contributed by atoms with van der Waals surface area (Å²) >= 11 is 0. The molecule has 0 saturated carbocycles. The van der Waals surface area contributed by atoms with Gasteiger partial charge in [-0.3, -0.25) is 9.89 Å². The highest BCUT2D eigenvalue weighted by atomic mass is 16.4. The number of hydrogen-bond donors (Lipinski definition) is 2. The highest BCUT2D eigenvalue weighted by Crippen LogP contribution is 2.20. The fourth-order valence-corrected chi connectivity index (χ4v) is 4.00. The van der Waals surface area contributed by atoms with Crippen LogP contribution in [0.1, 0.15) is 68.1 Å². The van der Waals surface area contributed by atoms with Crippen molar-refractivity contribution in [3.8, 4) is 0 Å². The van der Waals surface area contributed by atoms with E-state index in [1.54, 1.807) is 0 Å². The maximum atomic E-state index is 5.74. The second-order valence-electron chi connectivity index (χ2n) is 8.65. The van der Waals surface area contributed by atoms with Crippen LogP contribution >= 0.6 is 0 Å². The molecule has 1 unspecified atom stereocenters. The average Bonchev–Trinajstić information content (AvgIpc) is 3.09. The predicted molar refractivity (Wildman–Crippen MR) is 127 cm³/mol. The Kier molecular flexibility index (Phi) is 8.52. The van der Waals surface area contributed by atoms with Crippen LogP contribution in [0.3, 0.4) is 0 Å². The Bertz CT molecular complexity index is 815. The van der Waals surface area contributed by atoms with Gasteiger partial charge in [-0.1, -0.05) is 31.2 Å². The van der Waals surface area contributed by atoms with Crippen molar-refractivity contribution in [3.63, 3.8) is 0 Å².